The normalized spacial score (nSPS) is 34.8. The zero-order valence-corrected chi connectivity index (χ0v) is 35.0. The number of fused-ring (bicyclic) bond motifs is 5. The lowest BCUT2D eigenvalue weighted by Crippen LogP contribution is -2.82. The van der Waals surface area contributed by atoms with Gasteiger partial charge in [0.05, 0.1) is 35.6 Å². The standard InChI is InChI=1S/C45H53NO15/c1-23-29(59-41(54)34(50)33(26-14-9-7-10-15-26)46-39(52)28-18-13-19-56-28)21-45(55)38(60-40(53)27-16-11-8-12-17-27)36-43(6,30(49)20-31-44(36,22-57-31)61-25(3)48)37(51)35(58-24(2)47)32(23)42(45,4)5/h7-12,14-17,28-31,33-36,38,49-50,55H,13,18-22H2,1-6H3,(H,46,52)/t28?,29-,30+,31-,33+,34-,35-,36-,38-,43-,44+,45-/m1/s1. The fraction of sp³-hybridized carbons (Fsp3) is 0.556. The summed E-state index contributed by atoms with van der Waals surface area (Å²) in [7, 11) is 0. The molecule has 61 heavy (non-hydrogen) atoms. The Morgan fingerprint density at radius 3 is 2.13 bits per heavy atom. The van der Waals surface area contributed by atoms with Gasteiger partial charge in [0.25, 0.3) is 0 Å². The van der Waals surface area contributed by atoms with Crippen molar-refractivity contribution >= 4 is 35.6 Å². The van der Waals surface area contributed by atoms with E-state index in [9.17, 15) is 39.3 Å². The molecule has 2 heterocycles. The van der Waals surface area contributed by atoms with Crippen molar-refractivity contribution in [1.29, 1.82) is 0 Å². The van der Waals surface area contributed by atoms with Gasteiger partial charge < -0.3 is 49.1 Å². The highest BCUT2D eigenvalue weighted by Gasteiger charge is 2.78. The quantitative estimate of drug-likeness (QED) is 0.153. The minimum Gasteiger partial charge on any atom is -0.456 e. The van der Waals surface area contributed by atoms with Crippen LogP contribution in [0.3, 0.4) is 0 Å². The first-order valence-corrected chi connectivity index (χ1v) is 20.5. The molecule has 16 heteroatoms. The van der Waals surface area contributed by atoms with Gasteiger partial charge in [-0.15, -0.1) is 0 Å². The van der Waals surface area contributed by atoms with Crippen LogP contribution in [0.4, 0.5) is 0 Å². The molecule has 2 saturated heterocycles. The van der Waals surface area contributed by atoms with Crippen LogP contribution in [-0.4, -0.2) is 118 Å². The van der Waals surface area contributed by atoms with E-state index in [4.69, 9.17) is 28.4 Å². The van der Waals surface area contributed by atoms with Crippen molar-refractivity contribution < 1.29 is 72.5 Å². The third-order valence-corrected chi connectivity index (χ3v) is 13.7. The molecule has 2 saturated carbocycles. The Morgan fingerprint density at radius 1 is 0.902 bits per heavy atom. The van der Waals surface area contributed by atoms with Crippen LogP contribution >= 0.6 is 0 Å². The average molecular weight is 848 g/mol. The predicted octanol–water partition coefficient (Wildman–Crippen LogP) is 2.60. The molecule has 2 aromatic carbocycles. The number of carbonyl (C=O) groups is 6. The molecule has 1 unspecified atom stereocenters. The lowest BCUT2D eigenvalue weighted by Gasteiger charge is -2.67. The summed E-state index contributed by atoms with van der Waals surface area (Å²) in [6.07, 6.45) is -10.2. The van der Waals surface area contributed by atoms with Crippen LogP contribution in [0, 0.1) is 16.7 Å². The van der Waals surface area contributed by atoms with Crippen molar-refractivity contribution in [1.82, 2.24) is 5.32 Å². The van der Waals surface area contributed by atoms with Gasteiger partial charge in [-0.2, -0.15) is 0 Å². The van der Waals surface area contributed by atoms with E-state index >= 15 is 4.79 Å². The van der Waals surface area contributed by atoms with Crippen molar-refractivity contribution in [3.63, 3.8) is 0 Å². The molecular weight excluding hydrogens is 794 g/mol. The number of benzene rings is 2. The zero-order chi connectivity index (χ0) is 44.2. The van der Waals surface area contributed by atoms with Gasteiger partial charge in [-0.05, 0) is 55.5 Å². The molecule has 7 rings (SSSR count). The van der Waals surface area contributed by atoms with Crippen LogP contribution in [0.1, 0.15) is 89.2 Å². The molecule has 16 nitrogen and oxygen atoms in total. The highest BCUT2D eigenvalue weighted by Crippen LogP contribution is 2.64. The summed E-state index contributed by atoms with van der Waals surface area (Å²) >= 11 is 0. The first-order valence-electron chi connectivity index (χ1n) is 20.5. The van der Waals surface area contributed by atoms with Crippen molar-refractivity contribution in [2.24, 2.45) is 16.7 Å². The van der Waals surface area contributed by atoms with Gasteiger partial charge in [0.15, 0.2) is 23.6 Å². The number of carbonyl (C=O) groups excluding carboxylic acids is 6. The molecule has 0 spiro atoms. The third-order valence-electron chi connectivity index (χ3n) is 13.7. The predicted molar refractivity (Wildman–Crippen MR) is 211 cm³/mol. The Hall–Kier alpha value is -5.00. The zero-order valence-electron chi connectivity index (χ0n) is 35.0. The summed E-state index contributed by atoms with van der Waals surface area (Å²) in [4.78, 5) is 83.2. The molecule has 4 fully saturated rings. The monoisotopic (exact) mass is 847 g/mol. The van der Waals surface area contributed by atoms with Crippen molar-refractivity contribution in [2.75, 3.05) is 13.2 Å². The number of esters is 4. The summed E-state index contributed by atoms with van der Waals surface area (Å²) in [5.74, 6) is -6.77. The maximum absolute atomic E-state index is 15.5. The van der Waals surface area contributed by atoms with Crippen LogP contribution in [0.25, 0.3) is 0 Å². The summed E-state index contributed by atoms with van der Waals surface area (Å²) in [5.41, 5.74) is -7.23. The molecule has 4 N–H and O–H groups in total. The molecule has 2 aromatic rings. The SMILES string of the molecule is CC(=O)O[C@H]1C(=O)[C@]2(C)[C@@H](O)C[C@H]3OC[C@@]3(OC(C)=O)[C@@H]2[C@@H](OC(=O)c2ccccc2)[C@]2(O)C[C@@H](OC(=O)[C@H](O)[C@@H](NC(=O)C3CCCO3)c3ccccc3)C(C)=C1C2(C)C. The van der Waals surface area contributed by atoms with Gasteiger partial charge >= 0.3 is 23.9 Å². The number of aliphatic hydroxyl groups excluding tert-OH is 2. The van der Waals surface area contributed by atoms with Gasteiger partial charge in [-0.25, -0.2) is 9.59 Å². The maximum Gasteiger partial charge on any atom is 0.338 e. The molecule has 2 bridgehead atoms. The van der Waals surface area contributed by atoms with Crippen LogP contribution in [0.5, 0.6) is 0 Å². The fourth-order valence-corrected chi connectivity index (χ4v) is 10.4. The number of ketones is 1. The molecule has 2 aliphatic heterocycles. The van der Waals surface area contributed by atoms with Gasteiger partial charge in [0.2, 0.25) is 5.91 Å². The van der Waals surface area contributed by atoms with Crippen molar-refractivity contribution in [3.05, 3.63) is 82.9 Å². The fourth-order valence-electron chi connectivity index (χ4n) is 10.4. The van der Waals surface area contributed by atoms with E-state index in [0.29, 0.717) is 25.0 Å². The number of amides is 1. The Labute approximate surface area is 352 Å². The number of hydrogen-bond donors (Lipinski definition) is 4. The smallest absolute Gasteiger partial charge is 0.338 e. The lowest BCUT2D eigenvalue weighted by atomic mass is 9.44. The largest absolute Gasteiger partial charge is 0.456 e. The molecular formula is C45H53NO15. The Morgan fingerprint density at radius 2 is 1.56 bits per heavy atom. The van der Waals surface area contributed by atoms with E-state index < -0.39 is 119 Å². The number of aliphatic hydroxyl groups is 3. The first-order chi connectivity index (χ1) is 28.8. The number of nitrogens with one attached hydrogen (secondary N) is 1. The summed E-state index contributed by atoms with van der Waals surface area (Å²) in [6, 6.07) is 14.8. The summed E-state index contributed by atoms with van der Waals surface area (Å²) in [5, 5.41) is 40.2. The van der Waals surface area contributed by atoms with Gasteiger partial charge in [-0.1, -0.05) is 62.4 Å². The second-order valence-electron chi connectivity index (χ2n) is 17.5. The highest BCUT2D eigenvalue weighted by atomic mass is 16.6. The molecule has 0 aromatic heterocycles. The van der Waals surface area contributed by atoms with Crippen LogP contribution in [0.2, 0.25) is 0 Å². The summed E-state index contributed by atoms with van der Waals surface area (Å²) in [6.45, 7) is 8.36. The van der Waals surface area contributed by atoms with E-state index in [1.54, 1.807) is 62.4 Å². The molecule has 328 valence electrons. The van der Waals surface area contributed by atoms with Gasteiger partial charge in [0, 0.05) is 38.7 Å². The summed E-state index contributed by atoms with van der Waals surface area (Å²) < 4.78 is 35.8. The Balaban J connectivity index is 1.38. The minimum absolute atomic E-state index is 0.00110. The van der Waals surface area contributed by atoms with E-state index in [2.05, 4.69) is 5.32 Å². The average Bonchev–Trinajstić information content (AvgIpc) is 3.77. The van der Waals surface area contributed by atoms with E-state index in [1.807, 2.05) is 0 Å². The van der Waals surface area contributed by atoms with E-state index in [1.165, 1.54) is 26.0 Å². The van der Waals surface area contributed by atoms with Crippen LogP contribution in [0.15, 0.2) is 71.8 Å². The second kappa shape index (κ2) is 16.4. The number of hydrogen-bond acceptors (Lipinski definition) is 15. The number of ether oxygens (including phenoxy) is 6. The third kappa shape index (κ3) is 7.35. The van der Waals surface area contributed by atoms with Gasteiger partial charge in [0.1, 0.15) is 30.0 Å². The van der Waals surface area contributed by atoms with Crippen molar-refractivity contribution in [2.45, 2.75) is 127 Å². The first kappa shape index (κ1) is 44.1. The molecule has 3 aliphatic carbocycles. The maximum atomic E-state index is 15.5. The molecule has 5 aliphatic rings. The van der Waals surface area contributed by atoms with E-state index in [0.717, 1.165) is 13.8 Å². The number of Topliss-reactive ketones (excluding diaryl/α,β-unsaturated/α-hetero) is 1. The van der Waals surface area contributed by atoms with E-state index in [-0.39, 0.29) is 29.7 Å². The number of rotatable bonds is 10. The van der Waals surface area contributed by atoms with Crippen LogP contribution in [-0.2, 0) is 52.4 Å². The van der Waals surface area contributed by atoms with Crippen molar-refractivity contribution in [3.8, 4) is 0 Å². The molecule has 1 amide bonds. The highest BCUT2D eigenvalue weighted by molar-refractivity contribution is 5.95. The Bertz CT molecular complexity index is 2100. The minimum atomic E-state index is -2.38. The topological polar surface area (TPSA) is 231 Å². The second-order valence-corrected chi connectivity index (χ2v) is 17.5. The Kier molecular flexibility index (Phi) is 11.8. The lowest BCUT2D eigenvalue weighted by molar-refractivity contribution is -0.346. The van der Waals surface area contributed by atoms with Gasteiger partial charge in [-0.3, -0.25) is 19.2 Å². The molecule has 0 radical (unpaired) electrons. The van der Waals surface area contributed by atoms with Crippen LogP contribution < -0.4 is 5.32 Å². The molecule has 12 atom stereocenters.